The van der Waals surface area contributed by atoms with E-state index in [4.69, 9.17) is 0 Å². The van der Waals surface area contributed by atoms with Gasteiger partial charge in [0.05, 0.1) is 23.8 Å². The molecular weight excluding hydrogens is 176 g/mol. The molecule has 2 aromatic heterocycles. The Morgan fingerprint density at radius 3 is 2.79 bits per heavy atom. The smallest absolute Gasteiger partial charge is 0.0846 e. The summed E-state index contributed by atoms with van der Waals surface area (Å²) < 4.78 is 1.74. The lowest BCUT2D eigenvalue weighted by Gasteiger charge is -1.98. The van der Waals surface area contributed by atoms with E-state index in [1.165, 1.54) is 0 Å². The van der Waals surface area contributed by atoms with Gasteiger partial charge in [-0.3, -0.25) is 4.98 Å². The Morgan fingerprint density at radius 1 is 1.36 bits per heavy atom. The van der Waals surface area contributed by atoms with Crippen molar-refractivity contribution in [2.75, 3.05) is 0 Å². The van der Waals surface area contributed by atoms with Gasteiger partial charge >= 0.3 is 0 Å². The van der Waals surface area contributed by atoms with E-state index < -0.39 is 0 Å². The van der Waals surface area contributed by atoms with Crippen molar-refractivity contribution in [3.63, 3.8) is 0 Å². The van der Waals surface area contributed by atoms with Crippen LogP contribution in [0.5, 0.6) is 0 Å². The van der Waals surface area contributed by atoms with Gasteiger partial charge in [-0.15, -0.1) is 5.10 Å². The fraction of sp³-hybridized carbons (Fsp3) is 0.300. The maximum Gasteiger partial charge on any atom is 0.0846 e. The van der Waals surface area contributed by atoms with Crippen LogP contribution in [0.25, 0.3) is 5.69 Å². The fourth-order valence-electron chi connectivity index (χ4n) is 1.18. The number of hydrogen-bond acceptors (Lipinski definition) is 3. The Bertz CT molecular complexity index is 416. The van der Waals surface area contributed by atoms with E-state index in [0.29, 0.717) is 0 Å². The lowest BCUT2D eigenvalue weighted by Crippen LogP contribution is -1.95. The van der Waals surface area contributed by atoms with E-state index in [9.17, 15) is 0 Å². The highest BCUT2D eigenvalue weighted by Gasteiger charge is 2.00. The third-order valence-corrected chi connectivity index (χ3v) is 2.06. The van der Waals surface area contributed by atoms with Crippen LogP contribution in [0, 0.1) is 6.92 Å². The van der Waals surface area contributed by atoms with Crippen molar-refractivity contribution in [2.24, 2.45) is 0 Å². The van der Waals surface area contributed by atoms with Gasteiger partial charge in [0.2, 0.25) is 0 Å². The second-order valence-electron chi connectivity index (χ2n) is 3.17. The zero-order chi connectivity index (χ0) is 9.97. The molecule has 2 aromatic rings. The van der Waals surface area contributed by atoms with Crippen molar-refractivity contribution in [1.82, 2.24) is 20.0 Å². The second kappa shape index (κ2) is 3.57. The zero-order valence-corrected chi connectivity index (χ0v) is 8.31. The SMILES string of the molecule is CCc1cn(-c2ccc(C)nc2)nn1. The molecule has 0 saturated heterocycles. The lowest BCUT2D eigenvalue weighted by molar-refractivity contribution is 0.793. The van der Waals surface area contributed by atoms with Crippen LogP contribution in [0.1, 0.15) is 18.3 Å². The molecule has 0 atom stereocenters. The van der Waals surface area contributed by atoms with E-state index in [-0.39, 0.29) is 0 Å². The molecule has 0 amide bonds. The first-order valence-electron chi connectivity index (χ1n) is 4.64. The van der Waals surface area contributed by atoms with E-state index in [0.717, 1.165) is 23.5 Å². The molecule has 14 heavy (non-hydrogen) atoms. The molecule has 0 saturated carbocycles. The molecular formula is C10H12N4. The maximum absolute atomic E-state index is 4.20. The van der Waals surface area contributed by atoms with Crippen molar-refractivity contribution in [2.45, 2.75) is 20.3 Å². The van der Waals surface area contributed by atoms with Gasteiger partial charge in [0.1, 0.15) is 0 Å². The van der Waals surface area contributed by atoms with Crippen molar-refractivity contribution < 1.29 is 0 Å². The van der Waals surface area contributed by atoms with Crippen LogP contribution < -0.4 is 0 Å². The summed E-state index contributed by atoms with van der Waals surface area (Å²) in [6.07, 6.45) is 4.62. The average molecular weight is 188 g/mol. The first-order valence-corrected chi connectivity index (χ1v) is 4.64. The molecule has 2 rings (SSSR count). The molecule has 4 nitrogen and oxygen atoms in total. The molecule has 2 heterocycles. The summed E-state index contributed by atoms with van der Waals surface area (Å²) in [7, 11) is 0. The molecule has 0 fully saturated rings. The molecule has 0 unspecified atom stereocenters. The molecule has 72 valence electrons. The first kappa shape index (κ1) is 8.87. The predicted octanol–water partition coefficient (Wildman–Crippen LogP) is 1.53. The maximum atomic E-state index is 4.20. The first-order chi connectivity index (χ1) is 6.79. The third-order valence-electron chi connectivity index (χ3n) is 2.06. The Balaban J connectivity index is 2.34. The number of nitrogens with zero attached hydrogens (tertiary/aromatic N) is 4. The van der Waals surface area contributed by atoms with Crippen LogP contribution in [0.4, 0.5) is 0 Å². The molecule has 0 spiro atoms. The molecule has 0 aliphatic heterocycles. The van der Waals surface area contributed by atoms with Crippen LogP contribution in [0.15, 0.2) is 24.5 Å². The summed E-state index contributed by atoms with van der Waals surface area (Å²) >= 11 is 0. The standard InChI is InChI=1S/C10H12N4/c1-3-9-7-14(13-12-9)10-5-4-8(2)11-6-10/h4-7H,3H2,1-2H3. The quantitative estimate of drug-likeness (QED) is 0.717. The number of aryl methyl sites for hydroxylation is 2. The largest absolute Gasteiger partial charge is 0.259 e. The summed E-state index contributed by atoms with van der Waals surface area (Å²) in [5.41, 5.74) is 2.94. The van der Waals surface area contributed by atoms with Gasteiger partial charge in [-0.05, 0) is 25.5 Å². The molecule has 0 N–H and O–H groups in total. The zero-order valence-electron chi connectivity index (χ0n) is 8.31. The second-order valence-corrected chi connectivity index (χ2v) is 3.17. The highest BCUT2D eigenvalue weighted by molar-refractivity contribution is 5.28. The Labute approximate surface area is 82.6 Å². The minimum atomic E-state index is 0.902. The normalized spacial score (nSPS) is 10.4. The summed E-state index contributed by atoms with van der Waals surface area (Å²) in [5.74, 6) is 0. The van der Waals surface area contributed by atoms with E-state index in [2.05, 4.69) is 22.2 Å². The van der Waals surface area contributed by atoms with Crippen LogP contribution in [-0.4, -0.2) is 20.0 Å². The number of hydrogen-bond donors (Lipinski definition) is 0. The fourth-order valence-corrected chi connectivity index (χ4v) is 1.18. The molecule has 0 aromatic carbocycles. The van der Waals surface area contributed by atoms with Gasteiger partial charge in [0.25, 0.3) is 0 Å². The molecule has 0 aliphatic carbocycles. The predicted molar refractivity (Wildman–Crippen MR) is 53.3 cm³/mol. The van der Waals surface area contributed by atoms with Gasteiger partial charge in [-0.2, -0.15) is 0 Å². The number of aromatic nitrogens is 4. The van der Waals surface area contributed by atoms with Crippen molar-refractivity contribution >= 4 is 0 Å². The van der Waals surface area contributed by atoms with Crippen LogP contribution >= 0.6 is 0 Å². The number of pyridine rings is 1. The van der Waals surface area contributed by atoms with E-state index in [1.54, 1.807) is 10.9 Å². The van der Waals surface area contributed by atoms with Crippen LogP contribution in [0.2, 0.25) is 0 Å². The van der Waals surface area contributed by atoms with Gasteiger partial charge in [-0.1, -0.05) is 12.1 Å². The van der Waals surface area contributed by atoms with Crippen molar-refractivity contribution in [3.05, 3.63) is 35.9 Å². The molecule has 0 aliphatic rings. The minimum Gasteiger partial charge on any atom is -0.259 e. The summed E-state index contributed by atoms with van der Waals surface area (Å²) in [4.78, 5) is 4.20. The monoisotopic (exact) mass is 188 g/mol. The van der Waals surface area contributed by atoms with E-state index >= 15 is 0 Å². The average Bonchev–Trinajstić information content (AvgIpc) is 2.67. The summed E-state index contributed by atoms with van der Waals surface area (Å²) in [5, 5.41) is 8.03. The summed E-state index contributed by atoms with van der Waals surface area (Å²) in [6, 6.07) is 3.94. The van der Waals surface area contributed by atoms with Gasteiger partial charge in [0, 0.05) is 5.69 Å². The Hall–Kier alpha value is -1.71. The summed E-state index contributed by atoms with van der Waals surface area (Å²) in [6.45, 7) is 4.02. The lowest BCUT2D eigenvalue weighted by atomic mass is 10.3. The van der Waals surface area contributed by atoms with Gasteiger partial charge < -0.3 is 0 Å². The minimum absolute atomic E-state index is 0.902. The highest BCUT2D eigenvalue weighted by atomic mass is 15.4. The number of rotatable bonds is 2. The van der Waals surface area contributed by atoms with Gasteiger partial charge in [-0.25, -0.2) is 4.68 Å². The third kappa shape index (κ3) is 1.64. The Morgan fingerprint density at radius 2 is 2.21 bits per heavy atom. The molecule has 4 heteroatoms. The van der Waals surface area contributed by atoms with Crippen molar-refractivity contribution in [1.29, 1.82) is 0 Å². The van der Waals surface area contributed by atoms with E-state index in [1.807, 2.05) is 25.3 Å². The van der Waals surface area contributed by atoms with Crippen LogP contribution in [-0.2, 0) is 6.42 Å². The molecule has 0 bridgehead atoms. The highest BCUT2D eigenvalue weighted by Crippen LogP contribution is 2.05. The topological polar surface area (TPSA) is 43.6 Å². The molecule has 0 radical (unpaired) electrons. The van der Waals surface area contributed by atoms with Gasteiger partial charge in [0.15, 0.2) is 0 Å². The van der Waals surface area contributed by atoms with Crippen molar-refractivity contribution in [3.8, 4) is 5.69 Å². The van der Waals surface area contributed by atoms with Crippen LogP contribution in [0.3, 0.4) is 0 Å². The Kier molecular flexibility index (Phi) is 2.26.